The zero-order valence-electron chi connectivity index (χ0n) is 11.2. The van der Waals surface area contributed by atoms with Crippen LogP contribution in [0, 0.1) is 0 Å². The first-order chi connectivity index (χ1) is 8.27. The highest BCUT2D eigenvalue weighted by Gasteiger charge is 2.22. The lowest BCUT2D eigenvalue weighted by Gasteiger charge is -2.24. The van der Waals surface area contributed by atoms with Gasteiger partial charge in [-0.05, 0) is 29.2 Å². The molecule has 4 N–H and O–H groups in total. The molecule has 0 heterocycles. The molecule has 2 unspecified atom stereocenters. The lowest BCUT2D eigenvalue weighted by atomic mass is 9.84. The zero-order chi connectivity index (χ0) is 13.9. The maximum atomic E-state index is 10.1. The SMILES string of the molecule is CC(C)(C)c1ccc(N)c(C(O)C(O)CCS)c1. The van der Waals surface area contributed by atoms with Gasteiger partial charge in [0.05, 0.1) is 6.10 Å². The maximum absolute atomic E-state index is 10.1. The van der Waals surface area contributed by atoms with Crippen molar-refractivity contribution in [1.29, 1.82) is 0 Å². The van der Waals surface area contributed by atoms with Crippen molar-refractivity contribution in [2.24, 2.45) is 0 Å². The molecule has 0 saturated heterocycles. The lowest BCUT2D eigenvalue weighted by Crippen LogP contribution is -2.21. The first-order valence-electron chi connectivity index (χ1n) is 6.14. The predicted molar refractivity (Wildman–Crippen MR) is 79.0 cm³/mol. The van der Waals surface area contributed by atoms with Crippen LogP contribution in [0.2, 0.25) is 0 Å². The Morgan fingerprint density at radius 1 is 1.28 bits per heavy atom. The molecule has 0 aliphatic rings. The minimum atomic E-state index is -0.959. The quantitative estimate of drug-likeness (QED) is 0.501. The molecule has 0 aliphatic carbocycles. The Hall–Kier alpha value is -0.710. The molecule has 0 fully saturated rings. The van der Waals surface area contributed by atoms with Crippen LogP contribution in [0.3, 0.4) is 0 Å². The third-order valence-electron chi connectivity index (χ3n) is 3.06. The number of anilines is 1. The molecule has 1 aromatic rings. The molecular weight excluding hydrogens is 246 g/mol. The Bertz CT molecular complexity index is 401. The van der Waals surface area contributed by atoms with Crippen LogP contribution in [0.15, 0.2) is 18.2 Å². The monoisotopic (exact) mass is 269 g/mol. The highest BCUT2D eigenvalue weighted by Crippen LogP contribution is 2.30. The van der Waals surface area contributed by atoms with Gasteiger partial charge in [0, 0.05) is 11.3 Å². The standard InChI is InChI=1S/C14H23NO2S/c1-14(2,3)9-4-5-11(15)10(8-9)13(17)12(16)6-7-18/h4-5,8,12-13,16-18H,6-7,15H2,1-3H3. The van der Waals surface area contributed by atoms with Crippen LogP contribution in [0.4, 0.5) is 5.69 Å². The van der Waals surface area contributed by atoms with Crippen molar-refractivity contribution in [3.8, 4) is 0 Å². The lowest BCUT2D eigenvalue weighted by molar-refractivity contribution is 0.0176. The molecule has 0 bridgehead atoms. The van der Waals surface area contributed by atoms with E-state index in [0.29, 0.717) is 23.4 Å². The minimum Gasteiger partial charge on any atom is -0.398 e. The third-order valence-corrected chi connectivity index (χ3v) is 3.32. The summed E-state index contributed by atoms with van der Waals surface area (Å²) in [7, 11) is 0. The first-order valence-corrected chi connectivity index (χ1v) is 6.77. The molecule has 0 radical (unpaired) electrons. The summed E-state index contributed by atoms with van der Waals surface area (Å²) in [6, 6.07) is 5.62. The molecule has 0 aliphatic heterocycles. The molecule has 2 atom stereocenters. The van der Waals surface area contributed by atoms with E-state index in [1.165, 1.54) is 0 Å². The molecule has 18 heavy (non-hydrogen) atoms. The number of rotatable bonds is 4. The Morgan fingerprint density at radius 2 is 1.89 bits per heavy atom. The fourth-order valence-corrected chi connectivity index (χ4v) is 2.06. The zero-order valence-corrected chi connectivity index (χ0v) is 12.1. The number of hydrogen-bond donors (Lipinski definition) is 4. The summed E-state index contributed by atoms with van der Waals surface area (Å²) in [6.45, 7) is 6.29. The number of nitrogen functional groups attached to an aromatic ring is 1. The smallest absolute Gasteiger partial charge is 0.107 e. The van der Waals surface area contributed by atoms with E-state index in [4.69, 9.17) is 5.73 Å². The van der Waals surface area contributed by atoms with Gasteiger partial charge < -0.3 is 15.9 Å². The molecule has 0 aromatic heterocycles. The summed E-state index contributed by atoms with van der Waals surface area (Å²) >= 11 is 4.06. The van der Waals surface area contributed by atoms with E-state index in [1.807, 2.05) is 12.1 Å². The molecular formula is C14H23NO2S. The van der Waals surface area contributed by atoms with E-state index in [-0.39, 0.29) is 5.41 Å². The summed E-state index contributed by atoms with van der Waals surface area (Å²) < 4.78 is 0. The highest BCUT2D eigenvalue weighted by atomic mass is 32.1. The number of nitrogens with two attached hydrogens (primary N) is 1. The average Bonchev–Trinajstić information content (AvgIpc) is 2.27. The van der Waals surface area contributed by atoms with E-state index < -0.39 is 12.2 Å². The van der Waals surface area contributed by atoms with Crippen LogP contribution in [0.25, 0.3) is 0 Å². The van der Waals surface area contributed by atoms with Gasteiger partial charge in [-0.15, -0.1) is 0 Å². The average molecular weight is 269 g/mol. The Kier molecular flexibility index (Phi) is 5.08. The van der Waals surface area contributed by atoms with Gasteiger partial charge in [-0.1, -0.05) is 32.9 Å². The van der Waals surface area contributed by atoms with Crippen molar-refractivity contribution in [1.82, 2.24) is 0 Å². The van der Waals surface area contributed by atoms with Crippen molar-refractivity contribution in [2.45, 2.75) is 44.8 Å². The van der Waals surface area contributed by atoms with E-state index >= 15 is 0 Å². The van der Waals surface area contributed by atoms with Crippen LogP contribution in [-0.4, -0.2) is 22.1 Å². The van der Waals surface area contributed by atoms with Crippen LogP contribution in [0.1, 0.15) is 44.4 Å². The van der Waals surface area contributed by atoms with Crippen LogP contribution >= 0.6 is 12.6 Å². The number of thiol groups is 1. The molecule has 1 rings (SSSR count). The third kappa shape index (κ3) is 3.64. The summed E-state index contributed by atoms with van der Waals surface area (Å²) in [4.78, 5) is 0. The first kappa shape index (κ1) is 15.3. The number of aliphatic hydroxyl groups excluding tert-OH is 2. The van der Waals surface area contributed by atoms with Crippen LogP contribution in [-0.2, 0) is 5.41 Å². The highest BCUT2D eigenvalue weighted by molar-refractivity contribution is 7.80. The summed E-state index contributed by atoms with van der Waals surface area (Å²) in [6.07, 6.45) is -1.36. The second-order valence-electron chi connectivity index (χ2n) is 5.62. The second kappa shape index (κ2) is 5.95. The molecule has 4 heteroatoms. The van der Waals surface area contributed by atoms with E-state index in [9.17, 15) is 10.2 Å². The number of aliphatic hydroxyl groups is 2. The van der Waals surface area contributed by atoms with Crippen molar-refractivity contribution in [3.63, 3.8) is 0 Å². The van der Waals surface area contributed by atoms with Gasteiger partial charge >= 0.3 is 0 Å². The van der Waals surface area contributed by atoms with E-state index in [1.54, 1.807) is 6.07 Å². The largest absolute Gasteiger partial charge is 0.398 e. The summed E-state index contributed by atoms with van der Waals surface area (Å²) in [5.41, 5.74) is 8.05. The second-order valence-corrected chi connectivity index (χ2v) is 6.07. The molecule has 0 amide bonds. The fraction of sp³-hybridized carbons (Fsp3) is 0.571. The van der Waals surface area contributed by atoms with E-state index in [0.717, 1.165) is 5.56 Å². The normalized spacial score (nSPS) is 15.4. The van der Waals surface area contributed by atoms with Gasteiger partial charge in [-0.3, -0.25) is 0 Å². The Labute approximate surface area is 114 Å². The van der Waals surface area contributed by atoms with Crippen LogP contribution in [0.5, 0.6) is 0 Å². The van der Waals surface area contributed by atoms with Crippen LogP contribution < -0.4 is 5.73 Å². The minimum absolute atomic E-state index is 0.0172. The Balaban J connectivity index is 3.08. The molecule has 0 spiro atoms. The van der Waals surface area contributed by atoms with Crippen molar-refractivity contribution in [2.75, 3.05) is 11.5 Å². The fourth-order valence-electron chi connectivity index (χ4n) is 1.79. The van der Waals surface area contributed by atoms with E-state index in [2.05, 4.69) is 33.4 Å². The summed E-state index contributed by atoms with van der Waals surface area (Å²) in [5, 5.41) is 20.0. The van der Waals surface area contributed by atoms with Gasteiger partial charge in [0.15, 0.2) is 0 Å². The topological polar surface area (TPSA) is 66.5 Å². The molecule has 102 valence electrons. The Morgan fingerprint density at radius 3 is 2.39 bits per heavy atom. The van der Waals surface area contributed by atoms with Gasteiger partial charge in [0.1, 0.15) is 6.10 Å². The molecule has 1 aromatic carbocycles. The van der Waals surface area contributed by atoms with Gasteiger partial charge in [-0.2, -0.15) is 12.6 Å². The number of benzene rings is 1. The van der Waals surface area contributed by atoms with Gasteiger partial charge in [-0.25, -0.2) is 0 Å². The number of hydrogen-bond acceptors (Lipinski definition) is 4. The van der Waals surface area contributed by atoms with Gasteiger partial charge in [0.25, 0.3) is 0 Å². The van der Waals surface area contributed by atoms with Crippen molar-refractivity contribution < 1.29 is 10.2 Å². The molecule has 3 nitrogen and oxygen atoms in total. The van der Waals surface area contributed by atoms with Crippen molar-refractivity contribution >= 4 is 18.3 Å². The van der Waals surface area contributed by atoms with Gasteiger partial charge in [0.2, 0.25) is 0 Å². The molecule has 0 saturated carbocycles. The maximum Gasteiger partial charge on any atom is 0.107 e. The predicted octanol–water partition coefficient (Wildman–Crippen LogP) is 2.28. The van der Waals surface area contributed by atoms with Crippen molar-refractivity contribution in [3.05, 3.63) is 29.3 Å². The summed E-state index contributed by atoms with van der Waals surface area (Å²) in [5.74, 6) is 0.525.